The van der Waals surface area contributed by atoms with E-state index in [1.165, 1.54) is 5.56 Å². The van der Waals surface area contributed by atoms with Gasteiger partial charge in [0.25, 0.3) is 0 Å². The van der Waals surface area contributed by atoms with Gasteiger partial charge in [-0.25, -0.2) is 0 Å². The highest BCUT2D eigenvalue weighted by Gasteiger charge is 2.46. The summed E-state index contributed by atoms with van der Waals surface area (Å²) in [4.78, 5) is 14.3. The van der Waals surface area contributed by atoms with Gasteiger partial charge in [-0.3, -0.25) is 4.79 Å². The summed E-state index contributed by atoms with van der Waals surface area (Å²) >= 11 is 3.51. The molecular weight excluding hydrogens is 278 g/mol. The topological polar surface area (TPSA) is 20.3 Å². The Morgan fingerprint density at radius 2 is 2.00 bits per heavy atom. The zero-order valence-electron chi connectivity index (χ0n) is 10.3. The second-order valence-corrected chi connectivity index (χ2v) is 5.89. The van der Waals surface area contributed by atoms with E-state index in [4.69, 9.17) is 0 Å². The van der Waals surface area contributed by atoms with E-state index in [2.05, 4.69) is 28.1 Å². The van der Waals surface area contributed by atoms with Crippen LogP contribution >= 0.6 is 15.9 Å². The lowest BCUT2D eigenvalue weighted by Crippen LogP contribution is -2.31. The van der Waals surface area contributed by atoms with Crippen molar-refractivity contribution in [3.05, 3.63) is 35.9 Å². The van der Waals surface area contributed by atoms with Crippen LogP contribution in [0.1, 0.15) is 19.4 Å². The Morgan fingerprint density at radius 3 is 2.53 bits per heavy atom. The predicted octanol–water partition coefficient (Wildman–Crippen LogP) is 3.07. The van der Waals surface area contributed by atoms with E-state index in [1.807, 2.05) is 36.9 Å². The van der Waals surface area contributed by atoms with Crippen molar-refractivity contribution in [1.29, 1.82) is 0 Å². The third-order valence-electron chi connectivity index (χ3n) is 3.70. The van der Waals surface area contributed by atoms with Crippen LogP contribution in [0.5, 0.6) is 0 Å². The van der Waals surface area contributed by atoms with Crippen LogP contribution in [0, 0.1) is 11.3 Å². The summed E-state index contributed by atoms with van der Waals surface area (Å²) in [6.07, 6.45) is 0. The van der Waals surface area contributed by atoms with Gasteiger partial charge in [0.05, 0.1) is 0 Å². The minimum Gasteiger partial charge on any atom is -0.338 e. The predicted molar refractivity (Wildman–Crippen MR) is 72.9 cm³/mol. The molecule has 0 bridgehead atoms. The van der Waals surface area contributed by atoms with E-state index >= 15 is 0 Å². The van der Waals surface area contributed by atoms with E-state index < -0.39 is 0 Å². The molecule has 2 rings (SSSR count). The molecule has 1 saturated heterocycles. The second-order valence-electron chi connectivity index (χ2n) is 5.24. The van der Waals surface area contributed by atoms with Crippen molar-refractivity contribution in [3.8, 4) is 0 Å². The molecule has 0 saturated carbocycles. The Kier molecular flexibility index (Phi) is 3.57. The first-order valence-electron chi connectivity index (χ1n) is 5.95. The van der Waals surface area contributed by atoms with Crippen molar-refractivity contribution >= 4 is 21.8 Å². The average Bonchev–Trinajstić information content (AvgIpc) is 2.54. The maximum absolute atomic E-state index is 12.3. The number of alkyl halides is 1. The van der Waals surface area contributed by atoms with Crippen molar-refractivity contribution in [3.63, 3.8) is 0 Å². The summed E-state index contributed by atoms with van der Waals surface area (Å²) in [5.41, 5.74) is 0.963. The molecule has 1 heterocycles. The number of hydrogen-bond acceptors (Lipinski definition) is 1. The van der Waals surface area contributed by atoms with Crippen molar-refractivity contribution < 1.29 is 4.79 Å². The molecule has 0 N–H and O–H groups in total. The Balaban J connectivity index is 2.12. The summed E-state index contributed by atoms with van der Waals surface area (Å²) in [5.74, 6) is 0.671. The highest BCUT2D eigenvalue weighted by atomic mass is 79.9. The standard InChI is InChI=1S/C14H18BrNO/c1-14(2)12(8-15)10-16(13(14)17)9-11-6-4-3-5-7-11/h3-7,12H,8-10H2,1-2H3/t12-/m0/s1. The van der Waals surface area contributed by atoms with Crippen LogP contribution in [0.25, 0.3) is 0 Å². The fourth-order valence-corrected chi connectivity index (χ4v) is 3.36. The molecule has 0 spiro atoms. The van der Waals surface area contributed by atoms with Gasteiger partial charge >= 0.3 is 0 Å². The van der Waals surface area contributed by atoms with Crippen LogP contribution in [0.4, 0.5) is 0 Å². The van der Waals surface area contributed by atoms with Gasteiger partial charge in [0.1, 0.15) is 0 Å². The molecular formula is C14H18BrNO. The summed E-state index contributed by atoms with van der Waals surface area (Å²) < 4.78 is 0. The Bertz CT molecular complexity index is 402. The largest absolute Gasteiger partial charge is 0.338 e. The third-order valence-corrected chi connectivity index (χ3v) is 4.48. The Labute approximate surface area is 111 Å². The molecule has 0 unspecified atom stereocenters. The first-order valence-corrected chi connectivity index (χ1v) is 7.07. The van der Waals surface area contributed by atoms with Gasteiger partial charge < -0.3 is 4.90 Å². The SMILES string of the molecule is CC1(C)C(=O)N(Cc2ccccc2)C[C@@H]1CBr. The third kappa shape index (κ3) is 2.39. The van der Waals surface area contributed by atoms with E-state index in [0.717, 1.165) is 18.4 Å². The number of hydrogen-bond donors (Lipinski definition) is 0. The normalized spacial score (nSPS) is 23.1. The number of amides is 1. The van der Waals surface area contributed by atoms with Crippen LogP contribution in [0.15, 0.2) is 30.3 Å². The van der Waals surface area contributed by atoms with Gasteiger partial charge in [-0.2, -0.15) is 0 Å². The maximum Gasteiger partial charge on any atom is 0.228 e. The van der Waals surface area contributed by atoms with Crippen LogP contribution in [-0.2, 0) is 11.3 Å². The molecule has 0 radical (unpaired) electrons. The molecule has 1 aromatic carbocycles. The van der Waals surface area contributed by atoms with Gasteiger partial charge in [-0.05, 0) is 5.56 Å². The minimum absolute atomic E-state index is 0.238. The molecule has 1 aromatic rings. The fraction of sp³-hybridized carbons (Fsp3) is 0.500. The minimum atomic E-state index is -0.238. The number of benzene rings is 1. The summed E-state index contributed by atoms with van der Waals surface area (Å²) in [6.45, 7) is 5.68. The number of likely N-dealkylation sites (tertiary alicyclic amines) is 1. The summed E-state index contributed by atoms with van der Waals surface area (Å²) in [5, 5.41) is 0.886. The van der Waals surface area contributed by atoms with E-state index in [0.29, 0.717) is 5.92 Å². The molecule has 1 aliphatic rings. The number of halogens is 1. The van der Waals surface area contributed by atoms with Gasteiger partial charge in [0.15, 0.2) is 0 Å². The lowest BCUT2D eigenvalue weighted by Gasteiger charge is -2.21. The lowest BCUT2D eigenvalue weighted by atomic mass is 9.83. The van der Waals surface area contributed by atoms with E-state index in [1.54, 1.807) is 0 Å². The van der Waals surface area contributed by atoms with E-state index in [9.17, 15) is 4.79 Å². The van der Waals surface area contributed by atoms with Gasteiger partial charge in [0.2, 0.25) is 5.91 Å². The molecule has 2 nitrogen and oxygen atoms in total. The van der Waals surface area contributed by atoms with E-state index in [-0.39, 0.29) is 11.3 Å². The Hall–Kier alpha value is -0.830. The Morgan fingerprint density at radius 1 is 1.35 bits per heavy atom. The van der Waals surface area contributed by atoms with Crippen molar-refractivity contribution in [1.82, 2.24) is 4.90 Å². The highest BCUT2D eigenvalue weighted by Crippen LogP contribution is 2.38. The zero-order valence-corrected chi connectivity index (χ0v) is 11.9. The molecule has 0 aromatic heterocycles. The van der Waals surface area contributed by atoms with Crippen LogP contribution in [-0.4, -0.2) is 22.7 Å². The van der Waals surface area contributed by atoms with Crippen LogP contribution in [0.2, 0.25) is 0 Å². The monoisotopic (exact) mass is 295 g/mol. The number of carbonyl (C=O) groups excluding carboxylic acids is 1. The zero-order chi connectivity index (χ0) is 12.5. The first kappa shape index (κ1) is 12.6. The molecule has 1 fully saturated rings. The first-order chi connectivity index (χ1) is 8.05. The quantitative estimate of drug-likeness (QED) is 0.785. The van der Waals surface area contributed by atoms with Crippen molar-refractivity contribution in [2.75, 3.05) is 11.9 Å². The van der Waals surface area contributed by atoms with Gasteiger partial charge in [-0.15, -0.1) is 0 Å². The van der Waals surface area contributed by atoms with Crippen LogP contribution in [0.3, 0.4) is 0 Å². The number of carbonyl (C=O) groups is 1. The van der Waals surface area contributed by atoms with Crippen molar-refractivity contribution in [2.45, 2.75) is 20.4 Å². The van der Waals surface area contributed by atoms with Gasteiger partial charge in [0, 0.05) is 29.8 Å². The molecule has 0 aliphatic carbocycles. The maximum atomic E-state index is 12.3. The molecule has 1 aliphatic heterocycles. The summed E-state index contributed by atoms with van der Waals surface area (Å²) in [6, 6.07) is 10.2. The molecule has 1 amide bonds. The smallest absolute Gasteiger partial charge is 0.228 e. The van der Waals surface area contributed by atoms with Gasteiger partial charge in [-0.1, -0.05) is 60.1 Å². The molecule has 92 valence electrons. The van der Waals surface area contributed by atoms with Crippen molar-refractivity contribution in [2.24, 2.45) is 11.3 Å². The number of nitrogens with zero attached hydrogens (tertiary/aromatic N) is 1. The lowest BCUT2D eigenvalue weighted by molar-refractivity contribution is -0.135. The summed E-state index contributed by atoms with van der Waals surface area (Å²) in [7, 11) is 0. The highest BCUT2D eigenvalue weighted by molar-refractivity contribution is 9.09. The molecule has 1 atom stereocenters. The average molecular weight is 296 g/mol. The number of rotatable bonds is 3. The molecule has 17 heavy (non-hydrogen) atoms. The van der Waals surface area contributed by atoms with Crippen LogP contribution < -0.4 is 0 Å². The fourth-order valence-electron chi connectivity index (χ4n) is 2.34. The second kappa shape index (κ2) is 4.81. The molecule has 3 heteroatoms.